The minimum atomic E-state index is -6.35. The zero-order valence-electron chi connectivity index (χ0n) is 7.92. The van der Waals surface area contributed by atoms with Gasteiger partial charge in [-0.2, -0.15) is 30.7 Å². The van der Waals surface area contributed by atoms with Crippen molar-refractivity contribution >= 4 is 0 Å². The van der Waals surface area contributed by atoms with Crippen LogP contribution in [0.3, 0.4) is 0 Å². The molecule has 1 atom stereocenters. The van der Waals surface area contributed by atoms with Gasteiger partial charge in [0.2, 0.25) is 0 Å². The summed E-state index contributed by atoms with van der Waals surface area (Å²) in [6, 6.07) is 0. The van der Waals surface area contributed by atoms with Gasteiger partial charge in [0.1, 0.15) is 0 Å². The minimum Gasteiger partial charge on any atom is -0.269 e. The summed E-state index contributed by atoms with van der Waals surface area (Å²) in [5.41, 5.74) is 0. The van der Waals surface area contributed by atoms with Crippen LogP contribution in [0.1, 0.15) is 13.3 Å². The molecule has 0 rings (SSSR count). The Morgan fingerprint density at radius 3 is 1.56 bits per heavy atom. The van der Waals surface area contributed by atoms with Crippen LogP contribution in [-0.4, -0.2) is 24.7 Å². The van der Waals surface area contributed by atoms with Crippen LogP contribution in [0.15, 0.2) is 0 Å². The monoisotopic (exact) mass is 264 g/mol. The summed E-state index contributed by atoms with van der Waals surface area (Å²) in [6.07, 6.45) is -7.40. The highest BCUT2D eigenvalue weighted by molar-refractivity contribution is 4.94. The molecule has 0 aromatic rings. The number of halogens is 9. The topological polar surface area (TPSA) is 0 Å². The normalized spacial score (nSPS) is 15.6. The van der Waals surface area contributed by atoms with Crippen LogP contribution in [0.25, 0.3) is 0 Å². The third-order valence-corrected chi connectivity index (χ3v) is 1.94. The second-order valence-corrected chi connectivity index (χ2v) is 3.07. The molecule has 1 unspecified atom stereocenters. The van der Waals surface area contributed by atoms with Gasteiger partial charge in [-0.3, -0.25) is 9.09 Å². The summed E-state index contributed by atoms with van der Waals surface area (Å²) in [4.78, 5) is 0. The molecule has 0 aliphatic rings. The Bertz CT molecular complexity index is 206. The van der Waals surface area contributed by atoms with Crippen molar-refractivity contribution in [2.45, 2.75) is 31.4 Å². The Hall–Kier alpha value is -0.630. The van der Waals surface area contributed by atoms with Crippen molar-refractivity contribution in [1.29, 1.82) is 0 Å². The fourth-order valence-electron chi connectivity index (χ4n) is 0.843. The molecule has 0 nitrogen and oxygen atoms in total. The van der Waals surface area contributed by atoms with E-state index in [2.05, 4.69) is 0 Å². The lowest BCUT2D eigenvalue weighted by molar-refractivity contribution is -0.365. The summed E-state index contributed by atoms with van der Waals surface area (Å²) < 4.78 is 96.3. The first-order valence-corrected chi connectivity index (χ1v) is 3.86. The SMILES string of the molecule is CC(CCF)C(F)(F)C(F)(F)C(F)(F)F.F. The summed E-state index contributed by atoms with van der Waals surface area (Å²) in [6.45, 7) is -0.941. The van der Waals surface area contributed by atoms with Gasteiger partial charge in [0.25, 0.3) is 0 Å². The molecule has 0 saturated carbocycles. The zero-order chi connectivity index (χ0) is 12.5. The molecule has 0 aliphatic heterocycles. The lowest BCUT2D eigenvalue weighted by Gasteiger charge is -2.31. The van der Waals surface area contributed by atoms with Gasteiger partial charge in [-0.25, -0.2) is 0 Å². The molecule has 16 heavy (non-hydrogen) atoms. The lowest BCUT2D eigenvalue weighted by Crippen LogP contribution is -2.55. The Kier molecular flexibility index (Phi) is 5.70. The molecule has 9 heteroatoms. The van der Waals surface area contributed by atoms with E-state index in [4.69, 9.17) is 0 Å². The second kappa shape index (κ2) is 5.13. The maximum atomic E-state index is 12.6. The van der Waals surface area contributed by atoms with E-state index >= 15 is 0 Å². The van der Waals surface area contributed by atoms with E-state index in [9.17, 15) is 35.1 Å². The quantitative estimate of drug-likeness (QED) is 0.674. The van der Waals surface area contributed by atoms with Crippen molar-refractivity contribution in [2.24, 2.45) is 5.92 Å². The number of hydrogen-bond acceptors (Lipinski definition) is 0. The predicted molar refractivity (Wildman–Crippen MR) is 38.2 cm³/mol. The molecule has 0 aromatic heterocycles. The maximum Gasteiger partial charge on any atom is 0.459 e. The number of hydrogen-bond donors (Lipinski definition) is 0. The van der Waals surface area contributed by atoms with E-state index in [1.54, 1.807) is 0 Å². The molecule has 0 fully saturated rings. The number of rotatable bonds is 4. The van der Waals surface area contributed by atoms with Crippen LogP contribution >= 0.6 is 0 Å². The van der Waals surface area contributed by atoms with Crippen LogP contribution < -0.4 is 0 Å². The molecule has 0 aliphatic carbocycles. The predicted octanol–water partition coefficient (Wildman–Crippen LogP) is 3.97. The van der Waals surface area contributed by atoms with Gasteiger partial charge in [-0.05, 0) is 6.42 Å². The average molecular weight is 264 g/mol. The van der Waals surface area contributed by atoms with Crippen molar-refractivity contribution < 1.29 is 39.8 Å². The summed E-state index contributed by atoms with van der Waals surface area (Å²) in [7, 11) is 0. The van der Waals surface area contributed by atoms with Crippen molar-refractivity contribution in [2.75, 3.05) is 6.67 Å². The number of alkyl halides is 8. The van der Waals surface area contributed by atoms with Crippen LogP contribution in [-0.2, 0) is 0 Å². The molecule has 0 N–H and O–H groups in total. The second-order valence-electron chi connectivity index (χ2n) is 3.07. The summed E-state index contributed by atoms with van der Waals surface area (Å²) in [5, 5.41) is 0. The fourth-order valence-corrected chi connectivity index (χ4v) is 0.843. The molecule has 0 bridgehead atoms. The minimum absolute atomic E-state index is 0. The fraction of sp³-hybridized carbons (Fsp3) is 1.00. The largest absolute Gasteiger partial charge is 0.459 e. The molecule has 0 heterocycles. The van der Waals surface area contributed by atoms with E-state index < -0.39 is 37.0 Å². The van der Waals surface area contributed by atoms with Crippen molar-refractivity contribution in [3.8, 4) is 0 Å². The van der Waals surface area contributed by atoms with Crippen LogP contribution in [0, 0.1) is 5.92 Å². The zero-order valence-corrected chi connectivity index (χ0v) is 7.92. The van der Waals surface area contributed by atoms with E-state index in [-0.39, 0.29) is 4.70 Å². The molecule has 0 spiro atoms. The van der Waals surface area contributed by atoms with Gasteiger partial charge in [-0.1, -0.05) is 6.92 Å². The lowest BCUT2D eigenvalue weighted by atomic mass is 9.94. The Labute approximate surface area is 85.0 Å². The standard InChI is InChI=1S/C7H8F8.FH/c1-4(2-3-8)5(9,10)6(11,12)7(13,14)15;/h4H,2-3H2,1H3;1H. The molecule has 0 amide bonds. The Morgan fingerprint density at radius 2 is 1.31 bits per heavy atom. The molecular formula is C7H9F9. The van der Waals surface area contributed by atoms with Gasteiger partial charge in [0.05, 0.1) is 6.67 Å². The highest BCUT2D eigenvalue weighted by Gasteiger charge is 2.74. The van der Waals surface area contributed by atoms with Crippen LogP contribution in [0.2, 0.25) is 0 Å². The summed E-state index contributed by atoms with van der Waals surface area (Å²) >= 11 is 0. The smallest absolute Gasteiger partial charge is 0.269 e. The van der Waals surface area contributed by atoms with Gasteiger partial charge in [-0.15, -0.1) is 0 Å². The summed E-state index contributed by atoms with van der Waals surface area (Å²) in [5.74, 6) is -13.8. The average Bonchev–Trinajstić information content (AvgIpc) is 2.02. The molecule has 0 radical (unpaired) electrons. The third kappa shape index (κ3) is 2.94. The molecule has 0 saturated heterocycles. The van der Waals surface area contributed by atoms with Gasteiger partial charge in [0.15, 0.2) is 0 Å². The Balaban J connectivity index is 0. The Morgan fingerprint density at radius 1 is 0.938 bits per heavy atom. The first-order valence-electron chi connectivity index (χ1n) is 3.86. The highest BCUT2D eigenvalue weighted by Crippen LogP contribution is 2.50. The van der Waals surface area contributed by atoms with Crippen molar-refractivity contribution in [1.82, 2.24) is 0 Å². The molecule has 0 aromatic carbocycles. The van der Waals surface area contributed by atoms with Crippen molar-refractivity contribution in [3.63, 3.8) is 0 Å². The van der Waals surface area contributed by atoms with Gasteiger partial charge < -0.3 is 0 Å². The van der Waals surface area contributed by atoms with Crippen LogP contribution in [0.5, 0.6) is 0 Å². The molecular weight excluding hydrogens is 255 g/mol. The van der Waals surface area contributed by atoms with E-state index in [0.29, 0.717) is 6.92 Å². The third-order valence-electron chi connectivity index (χ3n) is 1.94. The highest BCUT2D eigenvalue weighted by atomic mass is 19.4. The van der Waals surface area contributed by atoms with Gasteiger partial charge >= 0.3 is 18.0 Å². The van der Waals surface area contributed by atoms with Crippen LogP contribution in [0.4, 0.5) is 39.8 Å². The van der Waals surface area contributed by atoms with E-state index in [0.717, 1.165) is 0 Å². The maximum absolute atomic E-state index is 12.6. The first kappa shape index (κ1) is 17.8. The molecule has 100 valence electrons. The first-order chi connectivity index (χ1) is 6.48. The van der Waals surface area contributed by atoms with Gasteiger partial charge in [0, 0.05) is 5.92 Å². The van der Waals surface area contributed by atoms with E-state index in [1.165, 1.54) is 0 Å². The van der Waals surface area contributed by atoms with Crippen molar-refractivity contribution in [3.05, 3.63) is 0 Å². The van der Waals surface area contributed by atoms with E-state index in [1.807, 2.05) is 0 Å².